The van der Waals surface area contributed by atoms with E-state index in [-0.39, 0.29) is 18.0 Å². The summed E-state index contributed by atoms with van der Waals surface area (Å²) in [6.45, 7) is 1.63. The molecule has 0 spiro atoms. The quantitative estimate of drug-likeness (QED) is 0.835. The molecule has 3 rings (SSSR count). The van der Waals surface area contributed by atoms with Crippen LogP contribution in [0.2, 0.25) is 0 Å². The van der Waals surface area contributed by atoms with Gasteiger partial charge in [-0.15, -0.1) is 0 Å². The molecule has 1 aliphatic rings. The minimum atomic E-state index is -0.262. The lowest BCUT2D eigenvalue weighted by molar-refractivity contribution is -0.131. The fraction of sp³-hybridized carbons (Fsp3) is 0.400. The van der Waals surface area contributed by atoms with Crippen LogP contribution in [0.15, 0.2) is 53.3 Å². The second kappa shape index (κ2) is 9.08. The number of nitrogens with one attached hydrogen (secondary N) is 2. The Kier molecular flexibility index (Phi) is 6.30. The number of amides is 3. The summed E-state index contributed by atoms with van der Waals surface area (Å²) in [6.07, 6.45) is 6.81. The van der Waals surface area contributed by atoms with E-state index in [0.29, 0.717) is 19.5 Å². The summed E-state index contributed by atoms with van der Waals surface area (Å²) in [5.41, 5.74) is 1.89. The fourth-order valence-electron chi connectivity index (χ4n) is 3.16. The van der Waals surface area contributed by atoms with Gasteiger partial charge in [0, 0.05) is 31.6 Å². The Balaban J connectivity index is 1.65. The van der Waals surface area contributed by atoms with E-state index in [4.69, 9.17) is 4.42 Å². The van der Waals surface area contributed by atoms with E-state index in [0.717, 1.165) is 36.9 Å². The van der Waals surface area contributed by atoms with Crippen molar-refractivity contribution in [1.29, 1.82) is 0 Å². The molecule has 138 valence electrons. The normalized spacial score (nSPS) is 16.0. The number of urea groups is 1. The third-order valence-corrected chi connectivity index (χ3v) is 4.61. The molecule has 0 bridgehead atoms. The molecular weight excluding hydrogens is 330 g/mol. The third-order valence-electron chi connectivity index (χ3n) is 4.61. The summed E-state index contributed by atoms with van der Waals surface area (Å²) >= 11 is 0. The van der Waals surface area contributed by atoms with Crippen LogP contribution in [0.3, 0.4) is 0 Å². The minimum Gasteiger partial charge on any atom is -0.472 e. The van der Waals surface area contributed by atoms with Gasteiger partial charge in [-0.1, -0.05) is 36.8 Å². The largest absolute Gasteiger partial charge is 0.472 e. The van der Waals surface area contributed by atoms with E-state index >= 15 is 0 Å². The molecule has 1 aromatic carbocycles. The van der Waals surface area contributed by atoms with Crippen molar-refractivity contribution in [3.63, 3.8) is 0 Å². The van der Waals surface area contributed by atoms with E-state index < -0.39 is 0 Å². The van der Waals surface area contributed by atoms with Gasteiger partial charge in [0.25, 0.3) is 0 Å². The van der Waals surface area contributed by atoms with Crippen LogP contribution in [-0.2, 0) is 11.3 Å². The van der Waals surface area contributed by atoms with Crippen molar-refractivity contribution in [2.24, 2.45) is 0 Å². The van der Waals surface area contributed by atoms with Crippen LogP contribution >= 0.6 is 0 Å². The third kappa shape index (κ3) is 5.12. The fourth-order valence-corrected chi connectivity index (χ4v) is 3.16. The molecule has 6 heteroatoms. The zero-order valence-electron chi connectivity index (χ0n) is 14.8. The second-order valence-electron chi connectivity index (χ2n) is 6.57. The van der Waals surface area contributed by atoms with Gasteiger partial charge in [-0.05, 0) is 24.5 Å². The Bertz CT molecular complexity index is 700. The van der Waals surface area contributed by atoms with Gasteiger partial charge in [0.2, 0.25) is 5.91 Å². The minimum absolute atomic E-state index is 0.170. The molecule has 1 aromatic heterocycles. The first-order chi connectivity index (χ1) is 12.7. The zero-order chi connectivity index (χ0) is 18.2. The summed E-state index contributed by atoms with van der Waals surface area (Å²) in [4.78, 5) is 26.6. The van der Waals surface area contributed by atoms with Crippen molar-refractivity contribution in [3.8, 4) is 0 Å². The van der Waals surface area contributed by atoms with E-state index in [9.17, 15) is 9.59 Å². The SMILES string of the molecule is O=C(NCc1ccoc1)N[C@@H](CN1CCCCCC1=O)c1ccccc1. The number of carbonyl (C=O) groups excluding carboxylic acids is 2. The van der Waals surface area contributed by atoms with Gasteiger partial charge in [-0.2, -0.15) is 0 Å². The number of hydrogen-bond acceptors (Lipinski definition) is 3. The number of carbonyl (C=O) groups is 2. The summed E-state index contributed by atoms with van der Waals surface area (Å²) in [5.74, 6) is 0.170. The Hall–Kier alpha value is -2.76. The lowest BCUT2D eigenvalue weighted by atomic mass is 10.1. The molecule has 6 nitrogen and oxygen atoms in total. The molecule has 1 fully saturated rings. The molecule has 3 amide bonds. The molecule has 0 unspecified atom stereocenters. The maximum Gasteiger partial charge on any atom is 0.315 e. The summed E-state index contributed by atoms with van der Waals surface area (Å²) in [7, 11) is 0. The van der Waals surface area contributed by atoms with Crippen LogP contribution in [-0.4, -0.2) is 29.9 Å². The van der Waals surface area contributed by atoms with Crippen LogP contribution in [0.4, 0.5) is 4.79 Å². The summed E-state index contributed by atoms with van der Waals surface area (Å²) < 4.78 is 5.01. The monoisotopic (exact) mass is 355 g/mol. The molecular formula is C20H25N3O3. The Morgan fingerprint density at radius 1 is 1.15 bits per heavy atom. The van der Waals surface area contributed by atoms with E-state index in [2.05, 4.69) is 10.6 Å². The smallest absolute Gasteiger partial charge is 0.315 e. The lowest BCUT2D eigenvalue weighted by Crippen LogP contribution is -2.44. The average Bonchev–Trinajstić information content (AvgIpc) is 3.10. The van der Waals surface area contributed by atoms with Crippen molar-refractivity contribution in [1.82, 2.24) is 15.5 Å². The number of furan rings is 1. The van der Waals surface area contributed by atoms with Crippen LogP contribution in [0.5, 0.6) is 0 Å². The van der Waals surface area contributed by atoms with Crippen LogP contribution in [0.25, 0.3) is 0 Å². The molecule has 26 heavy (non-hydrogen) atoms. The summed E-state index contributed by atoms with van der Waals surface area (Å²) in [5, 5.41) is 5.84. The van der Waals surface area contributed by atoms with Crippen LogP contribution in [0.1, 0.15) is 42.9 Å². The average molecular weight is 355 g/mol. The second-order valence-corrected chi connectivity index (χ2v) is 6.57. The van der Waals surface area contributed by atoms with Gasteiger partial charge < -0.3 is 20.0 Å². The Morgan fingerprint density at radius 2 is 2.00 bits per heavy atom. The first-order valence-corrected chi connectivity index (χ1v) is 9.10. The van der Waals surface area contributed by atoms with Gasteiger partial charge in [-0.3, -0.25) is 4.79 Å². The molecule has 1 aliphatic heterocycles. The number of rotatable bonds is 6. The van der Waals surface area contributed by atoms with Gasteiger partial charge in [0.15, 0.2) is 0 Å². The van der Waals surface area contributed by atoms with E-state index in [1.54, 1.807) is 12.5 Å². The number of likely N-dealkylation sites (tertiary alicyclic amines) is 1. The molecule has 1 atom stereocenters. The zero-order valence-corrected chi connectivity index (χ0v) is 14.8. The highest BCUT2D eigenvalue weighted by Gasteiger charge is 2.23. The van der Waals surface area contributed by atoms with Gasteiger partial charge in [0.05, 0.1) is 18.6 Å². The standard InChI is InChI=1S/C20H25N3O3/c24-19-9-5-2-6-11-23(19)14-18(17-7-3-1-4-8-17)22-20(25)21-13-16-10-12-26-15-16/h1,3-4,7-8,10,12,15,18H,2,5-6,9,11,13-14H2,(H2,21,22,25)/t18-/m0/s1. The predicted octanol–water partition coefficient (Wildman–Crippen LogP) is 3.22. The maximum atomic E-state index is 12.4. The Morgan fingerprint density at radius 3 is 2.77 bits per heavy atom. The number of benzene rings is 1. The van der Waals surface area contributed by atoms with E-state index in [1.165, 1.54) is 0 Å². The number of hydrogen-bond donors (Lipinski definition) is 2. The predicted molar refractivity (Wildman–Crippen MR) is 98.3 cm³/mol. The molecule has 0 saturated carbocycles. The first-order valence-electron chi connectivity index (χ1n) is 9.10. The topological polar surface area (TPSA) is 74.6 Å². The van der Waals surface area contributed by atoms with Crippen molar-refractivity contribution in [2.45, 2.75) is 38.3 Å². The molecule has 1 saturated heterocycles. The number of nitrogens with zero attached hydrogens (tertiary/aromatic N) is 1. The maximum absolute atomic E-state index is 12.4. The molecule has 2 N–H and O–H groups in total. The Labute approximate surface area is 153 Å². The molecule has 2 aromatic rings. The van der Waals surface area contributed by atoms with E-state index in [1.807, 2.05) is 41.3 Å². The lowest BCUT2D eigenvalue weighted by Gasteiger charge is -2.27. The molecule has 0 aliphatic carbocycles. The summed E-state index contributed by atoms with van der Waals surface area (Å²) in [6, 6.07) is 11.1. The highest BCUT2D eigenvalue weighted by atomic mass is 16.3. The molecule has 2 heterocycles. The van der Waals surface area contributed by atoms with Gasteiger partial charge >= 0.3 is 6.03 Å². The highest BCUT2D eigenvalue weighted by molar-refractivity contribution is 5.77. The van der Waals surface area contributed by atoms with Gasteiger partial charge in [-0.25, -0.2) is 4.79 Å². The van der Waals surface area contributed by atoms with Crippen LogP contribution < -0.4 is 10.6 Å². The first kappa shape index (κ1) is 18.0. The van der Waals surface area contributed by atoms with Crippen LogP contribution in [0, 0.1) is 0 Å². The molecule has 0 radical (unpaired) electrons. The van der Waals surface area contributed by atoms with Crippen molar-refractivity contribution in [3.05, 3.63) is 60.1 Å². The van der Waals surface area contributed by atoms with Crippen molar-refractivity contribution in [2.75, 3.05) is 13.1 Å². The van der Waals surface area contributed by atoms with Crippen molar-refractivity contribution < 1.29 is 14.0 Å². The van der Waals surface area contributed by atoms with Crippen molar-refractivity contribution >= 4 is 11.9 Å². The highest BCUT2D eigenvalue weighted by Crippen LogP contribution is 2.18. The van der Waals surface area contributed by atoms with Gasteiger partial charge in [0.1, 0.15) is 0 Å².